The molecule has 1 heterocycles. The molecule has 2 aromatic rings. The van der Waals surface area contributed by atoms with Crippen LogP contribution in [-0.4, -0.2) is 24.1 Å². The van der Waals surface area contributed by atoms with E-state index in [1.165, 1.54) is 17.8 Å². The first-order valence-electron chi connectivity index (χ1n) is 6.29. The summed E-state index contributed by atoms with van der Waals surface area (Å²) in [4.78, 5) is 14.2. The minimum absolute atomic E-state index is 0.0850. The lowest BCUT2D eigenvalue weighted by Gasteiger charge is -2.08. The van der Waals surface area contributed by atoms with Gasteiger partial charge in [-0.05, 0) is 23.8 Å². The van der Waals surface area contributed by atoms with E-state index in [2.05, 4.69) is 4.98 Å². The monoisotopic (exact) mass is 321 g/mol. The molecule has 1 aromatic heterocycles. The van der Waals surface area contributed by atoms with Gasteiger partial charge in [-0.3, -0.25) is 10.1 Å². The van der Waals surface area contributed by atoms with Crippen LogP contribution in [0.15, 0.2) is 35.4 Å². The molecule has 116 valence electrons. The van der Waals surface area contributed by atoms with Crippen LogP contribution < -0.4 is 15.2 Å². The molecule has 0 atom stereocenters. The predicted molar refractivity (Wildman–Crippen MR) is 84.4 cm³/mol. The van der Waals surface area contributed by atoms with Gasteiger partial charge in [-0.2, -0.15) is 0 Å². The van der Waals surface area contributed by atoms with Crippen LogP contribution in [0.1, 0.15) is 5.56 Å². The topological polar surface area (TPSA) is 101 Å². The molecule has 0 bridgehead atoms. The van der Waals surface area contributed by atoms with E-state index in [-0.39, 0.29) is 11.5 Å². The molecule has 7 nitrogen and oxygen atoms in total. The molecule has 0 aliphatic rings. The Morgan fingerprint density at radius 3 is 2.36 bits per heavy atom. The van der Waals surface area contributed by atoms with E-state index in [1.807, 2.05) is 12.1 Å². The van der Waals surface area contributed by atoms with Crippen LogP contribution in [0.2, 0.25) is 0 Å². The highest BCUT2D eigenvalue weighted by Crippen LogP contribution is 2.29. The van der Waals surface area contributed by atoms with Crippen LogP contribution in [0.3, 0.4) is 0 Å². The molecule has 0 unspecified atom stereocenters. The maximum Gasteiger partial charge on any atom is 0.311 e. The van der Waals surface area contributed by atoms with Crippen LogP contribution in [0.25, 0.3) is 0 Å². The van der Waals surface area contributed by atoms with Gasteiger partial charge < -0.3 is 15.2 Å². The van der Waals surface area contributed by atoms with E-state index < -0.39 is 4.92 Å². The molecule has 8 heteroatoms. The Labute approximate surface area is 131 Å². The minimum Gasteiger partial charge on any atom is -0.497 e. The van der Waals surface area contributed by atoms with Crippen LogP contribution in [-0.2, 0) is 5.75 Å². The zero-order valence-electron chi connectivity index (χ0n) is 12.1. The SMILES string of the molecule is COc1cc(CSc2ccc([N+](=O)[O-])c(N)n2)cc(OC)c1. The molecule has 1 aromatic carbocycles. The first-order chi connectivity index (χ1) is 10.5. The number of aromatic nitrogens is 1. The van der Waals surface area contributed by atoms with E-state index in [0.29, 0.717) is 22.3 Å². The summed E-state index contributed by atoms with van der Waals surface area (Å²) in [6.45, 7) is 0. The van der Waals surface area contributed by atoms with Crippen LogP contribution in [0.4, 0.5) is 11.5 Å². The number of pyridine rings is 1. The normalized spacial score (nSPS) is 10.3. The van der Waals surface area contributed by atoms with Crippen molar-refractivity contribution < 1.29 is 14.4 Å². The molecular formula is C14H15N3O4S. The van der Waals surface area contributed by atoms with Crippen molar-refractivity contribution in [1.29, 1.82) is 0 Å². The number of rotatable bonds is 6. The van der Waals surface area contributed by atoms with E-state index in [9.17, 15) is 10.1 Å². The van der Waals surface area contributed by atoms with Crippen molar-refractivity contribution in [2.75, 3.05) is 20.0 Å². The van der Waals surface area contributed by atoms with Gasteiger partial charge in [-0.1, -0.05) is 0 Å². The minimum atomic E-state index is -0.552. The second kappa shape index (κ2) is 6.99. The molecule has 0 radical (unpaired) electrons. The number of nitrogens with two attached hydrogens (primary N) is 1. The van der Waals surface area contributed by atoms with E-state index in [1.54, 1.807) is 26.4 Å². The van der Waals surface area contributed by atoms with Gasteiger partial charge in [0.15, 0.2) is 0 Å². The Balaban J connectivity index is 2.13. The third kappa shape index (κ3) is 3.79. The average Bonchev–Trinajstić information content (AvgIpc) is 2.52. The molecule has 0 saturated heterocycles. The summed E-state index contributed by atoms with van der Waals surface area (Å²) in [6, 6.07) is 8.51. The first kappa shape index (κ1) is 15.9. The Kier molecular flexibility index (Phi) is 5.05. The van der Waals surface area contributed by atoms with Crippen molar-refractivity contribution in [2.24, 2.45) is 0 Å². The maximum atomic E-state index is 10.7. The van der Waals surface area contributed by atoms with Gasteiger partial charge in [0.05, 0.1) is 24.2 Å². The highest BCUT2D eigenvalue weighted by Gasteiger charge is 2.13. The number of nitrogen functional groups attached to an aromatic ring is 1. The fraction of sp³-hybridized carbons (Fsp3) is 0.214. The quantitative estimate of drug-likeness (QED) is 0.496. The number of benzene rings is 1. The number of nitrogens with zero attached hydrogens (tertiary/aromatic N) is 2. The molecule has 0 aliphatic heterocycles. The number of anilines is 1. The van der Waals surface area contributed by atoms with Crippen LogP contribution in [0, 0.1) is 10.1 Å². The molecule has 2 N–H and O–H groups in total. The van der Waals surface area contributed by atoms with Crippen molar-refractivity contribution >= 4 is 23.3 Å². The number of hydrogen-bond donors (Lipinski definition) is 1. The highest BCUT2D eigenvalue weighted by atomic mass is 32.2. The molecule has 22 heavy (non-hydrogen) atoms. The van der Waals surface area contributed by atoms with Gasteiger partial charge in [0, 0.05) is 17.9 Å². The summed E-state index contributed by atoms with van der Waals surface area (Å²) in [5.74, 6) is 1.92. The molecule has 0 spiro atoms. The molecule has 0 amide bonds. The Morgan fingerprint density at radius 2 is 1.86 bits per heavy atom. The van der Waals surface area contributed by atoms with Crippen molar-refractivity contribution in [3.05, 3.63) is 46.0 Å². The smallest absolute Gasteiger partial charge is 0.311 e. The number of nitro groups is 1. The Hall–Kier alpha value is -2.48. The molecule has 0 aliphatic carbocycles. The van der Waals surface area contributed by atoms with Crippen molar-refractivity contribution in [3.63, 3.8) is 0 Å². The molecule has 0 saturated carbocycles. The summed E-state index contributed by atoms with van der Waals surface area (Å²) >= 11 is 1.42. The van der Waals surface area contributed by atoms with Gasteiger partial charge in [0.2, 0.25) is 5.82 Å². The zero-order chi connectivity index (χ0) is 16.1. The van der Waals surface area contributed by atoms with E-state index >= 15 is 0 Å². The van der Waals surface area contributed by atoms with Gasteiger partial charge in [0.25, 0.3) is 0 Å². The Bertz CT molecular complexity index is 672. The van der Waals surface area contributed by atoms with Gasteiger partial charge in [-0.25, -0.2) is 4.98 Å². The standard InChI is InChI=1S/C14H15N3O4S/c1-20-10-5-9(6-11(7-10)21-2)8-22-13-4-3-12(17(18)19)14(15)16-13/h3-7H,8H2,1-2H3,(H2,15,16). The molecule has 2 rings (SSSR count). The number of methoxy groups -OCH3 is 2. The van der Waals surface area contributed by atoms with E-state index in [0.717, 1.165) is 5.56 Å². The lowest BCUT2D eigenvalue weighted by molar-refractivity contribution is -0.384. The number of thioether (sulfide) groups is 1. The third-order valence-electron chi connectivity index (χ3n) is 2.87. The van der Waals surface area contributed by atoms with Crippen molar-refractivity contribution in [2.45, 2.75) is 10.8 Å². The lowest BCUT2D eigenvalue weighted by atomic mass is 10.2. The average molecular weight is 321 g/mol. The largest absolute Gasteiger partial charge is 0.497 e. The maximum absolute atomic E-state index is 10.7. The van der Waals surface area contributed by atoms with Crippen molar-refractivity contribution in [1.82, 2.24) is 4.98 Å². The fourth-order valence-corrected chi connectivity index (χ4v) is 2.60. The summed E-state index contributed by atoms with van der Waals surface area (Å²) in [5, 5.41) is 11.3. The third-order valence-corrected chi connectivity index (χ3v) is 3.87. The zero-order valence-corrected chi connectivity index (χ0v) is 12.9. The summed E-state index contributed by atoms with van der Waals surface area (Å²) < 4.78 is 10.4. The fourth-order valence-electron chi connectivity index (χ4n) is 1.79. The Morgan fingerprint density at radius 1 is 1.23 bits per heavy atom. The van der Waals surface area contributed by atoms with Crippen LogP contribution in [0.5, 0.6) is 11.5 Å². The number of ether oxygens (including phenoxy) is 2. The lowest BCUT2D eigenvalue weighted by Crippen LogP contribution is -1.99. The highest BCUT2D eigenvalue weighted by molar-refractivity contribution is 7.98. The van der Waals surface area contributed by atoms with Crippen molar-refractivity contribution in [3.8, 4) is 11.5 Å². The first-order valence-corrected chi connectivity index (χ1v) is 7.27. The van der Waals surface area contributed by atoms with Gasteiger partial charge >= 0.3 is 5.69 Å². The second-order valence-electron chi connectivity index (χ2n) is 4.32. The summed E-state index contributed by atoms with van der Waals surface area (Å²) in [6.07, 6.45) is 0. The number of hydrogen-bond acceptors (Lipinski definition) is 7. The second-order valence-corrected chi connectivity index (χ2v) is 5.32. The molecule has 0 fully saturated rings. The summed E-state index contributed by atoms with van der Waals surface area (Å²) in [7, 11) is 3.18. The predicted octanol–water partition coefficient (Wildman–Crippen LogP) is 2.88. The van der Waals surface area contributed by atoms with Gasteiger partial charge in [0.1, 0.15) is 11.5 Å². The van der Waals surface area contributed by atoms with E-state index in [4.69, 9.17) is 15.2 Å². The van der Waals surface area contributed by atoms with Crippen LogP contribution >= 0.6 is 11.8 Å². The van der Waals surface area contributed by atoms with Gasteiger partial charge in [-0.15, -0.1) is 11.8 Å². The molecular weight excluding hydrogens is 306 g/mol. The summed E-state index contributed by atoms with van der Waals surface area (Å²) in [5.41, 5.74) is 6.37.